The molecule has 0 rings (SSSR count). The molecule has 0 aliphatic rings. The van der Waals surface area contributed by atoms with Gasteiger partial charge in [-0.1, -0.05) is 111 Å². The molecule has 0 bridgehead atoms. The molecule has 0 aromatic heterocycles. The molecule has 0 aliphatic carbocycles. The van der Waals surface area contributed by atoms with Crippen LogP contribution in [0.1, 0.15) is 111 Å². The van der Waals surface area contributed by atoms with Crippen molar-refractivity contribution in [2.45, 2.75) is 159 Å². The lowest BCUT2D eigenvalue weighted by atomic mass is 10.3. The SMILES string of the molecule is CC(C)N(C(C)C)[Si](N(C(C)C)C(C)C)(N(C(C)C)C(C)C)N(C(C)C)C(C)C. The summed E-state index contributed by atoms with van der Waals surface area (Å²) in [7, 11) is -2.48. The minimum absolute atomic E-state index is 0.474. The fourth-order valence-corrected chi connectivity index (χ4v) is 13.1. The van der Waals surface area contributed by atoms with E-state index in [0.717, 1.165) is 0 Å². The second-order valence-corrected chi connectivity index (χ2v) is 14.2. The van der Waals surface area contributed by atoms with E-state index in [1.807, 2.05) is 0 Å². The van der Waals surface area contributed by atoms with Gasteiger partial charge in [0.05, 0.1) is 0 Å². The Bertz CT molecular complexity index is 340. The van der Waals surface area contributed by atoms with Crippen molar-refractivity contribution in [1.82, 2.24) is 18.3 Å². The second-order valence-electron chi connectivity index (χ2n) is 11.0. The number of nitrogens with zero attached hydrogens (tertiary/aromatic N) is 4. The molecule has 0 saturated heterocycles. The van der Waals surface area contributed by atoms with E-state index in [-0.39, 0.29) is 0 Å². The van der Waals surface area contributed by atoms with Crippen molar-refractivity contribution in [3.63, 3.8) is 0 Å². The zero-order chi connectivity index (χ0) is 23.4. The van der Waals surface area contributed by atoms with Gasteiger partial charge in [0.1, 0.15) is 0 Å². The van der Waals surface area contributed by atoms with Crippen molar-refractivity contribution in [2.24, 2.45) is 0 Å². The first kappa shape index (κ1) is 29.1. The third kappa shape index (κ3) is 6.06. The molecule has 4 nitrogen and oxygen atoms in total. The smallest absolute Gasteiger partial charge is 0.282 e. The average molecular weight is 429 g/mol. The maximum Gasteiger partial charge on any atom is 0.378 e. The normalized spacial score (nSPS) is 14.5. The maximum atomic E-state index is 2.91. The highest BCUT2D eigenvalue weighted by Crippen LogP contribution is 2.37. The monoisotopic (exact) mass is 428 g/mol. The molecule has 0 atom stereocenters. The largest absolute Gasteiger partial charge is 0.378 e. The molecule has 0 aliphatic heterocycles. The minimum Gasteiger partial charge on any atom is -0.282 e. The molecule has 0 spiro atoms. The summed E-state index contributed by atoms with van der Waals surface area (Å²) in [5, 5.41) is 0. The Balaban J connectivity index is 7.65. The van der Waals surface area contributed by atoms with E-state index in [2.05, 4.69) is 129 Å². The predicted octanol–water partition coefficient (Wildman–Crippen LogP) is 5.90. The van der Waals surface area contributed by atoms with Crippen LogP contribution in [0.3, 0.4) is 0 Å². The highest BCUT2D eigenvalue weighted by Gasteiger charge is 2.62. The van der Waals surface area contributed by atoms with Gasteiger partial charge in [-0.3, -0.25) is 18.3 Å². The van der Waals surface area contributed by atoms with Gasteiger partial charge in [0, 0.05) is 48.3 Å². The third-order valence-electron chi connectivity index (χ3n) is 5.84. The molecule has 29 heavy (non-hydrogen) atoms. The van der Waals surface area contributed by atoms with Gasteiger partial charge in [0.2, 0.25) is 0 Å². The fraction of sp³-hybridized carbons (Fsp3) is 1.00. The van der Waals surface area contributed by atoms with Crippen molar-refractivity contribution in [3.8, 4) is 0 Å². The van der Waals surface area contributed by atoms with Gasteiger partial charge in [-0.25, -0.2) is 0 Å². The highest BCUT2D eigenvalue weighted by molar-refractivity contribution is 6.69. The van der Waals surface area contributed by atoms with E-state index in [0.29, 0.717) is 48.3 Å². The van der Waals surface area contributed by atoms with E-state index in [4.69, 9.17) is 0 Å². The van der Waals surface area contributed by atoms with Crippen LogP contribution in [-0.2, 0) is 0 Å². The van der Waals surface area contributed by atoms with Crippen LogP contribution in [0.5, 0.6) is 0 Å². The topological polar surface area (TPSA) is 13.0 Å². The van der Waals surface area contributed by atoms with Gasteiger partial charge in [-0.15, -0.1) is 0 Å². The molecule has 0 N–H and O–H groups in total. The van der Waals surface area contributed by atoms with Crippen LogP contribution in [0.15, 0.2) is 0 Å². The molecule has 0 fully saturated rings. The van der Waals surface area contributed by atoms with Crippen LogP contribution in [0.25, 0.3) is 0 Å². The standard InChI is InChI=1S/C24H56N4Si/c1-17(2)25(18(3)4)29(26(19(5)6)20(7)8,27(21(9)10)22(11)12)28(23(13)14)24(15)16/h17-24H,1-16H3. The summed E-state index contributed by atoms with van der Waals surface area (Å²) in [6, 6.07) is 3.79. The molecular weight excluding hydrogens is 372 g/mol. The van der Waals surface area contributed by atoms with Crippen LogP contribution in [0, 0.1) is 0 Å². The molecule has 0 unspecified atom stereocenters. The van der Waals surface area contributed by atoms with Gasteiger partial charge >= 0.3 is 8.72 Å². The fourth-order valence-electron chi connectivity index (χ4n) is 5.96. The first-order valence-corrected chi connectivity index (χ1v) is 14.0. The van der Waals surface area contributed by atoms with Crippen molar-refractivity contribution in [1.29, 1.82) is 0 Å². The van der Waals surface area contributed by atoms with E-state index in [9.17, 15) is 0 Å². The zero-order valence-electron chi connectivity index (χ0n) is 22.9. The second kappa shape index (κ2) is 11.6. The van der Waals surface area contributed by atoms with E-state index in [1.54, 1.807) is 0 Å². The van der Waals surface area contributed by atoms with Gasteiger partial charge in [0.15, 0.2) is 0 Å². The van der Waals surface area contributed by atoms with Crippen LogP contribution in [0.4, 0.5) is 0 Å². The summed E-state index contributed by atoms with van der Waals surface area (Å²) in [4.78, 5) is 0. The van der Waals surface area contributed by atoms with Gasteiger partial charge in [-0.2, -0.15) is 0 Å². The van der Waals surface area contributed by atoms with E-state index in [1.165, 1.54) is 0 Å². The van der Waals surface area contributed by atoms with Gasteiger partial charge < -0.3 is 0 Å². The van der Waals surface area contributed by atoms with Gasteiger partial charge in [-0.05, 0) is 0 Å². The summed E-state index contributed by atoms with van der Waals surface area (Å²) in [6.45, 7) is 38.4. The lowest BCUT2D eigenvalue weighted by Gasteiger charge is -2.66. The van der Waals surface area contributed by atoms with Crippen molar-refractivity contribution in [3.05, 3.63) is 0 Å². The summed E-state index contributed by atoms with van der Waals surface area (Å²) in [5.41, 5.74) is 0. The molecule has 0 radical (unpaired) electrons. The lowest BCUT2D eigenvalue weighted by Crippen LogP contribution is -2.89. The summed E-state index contributed by atoms with van der Waals surface area (Å²) in [6.07, 6.45) is 0. The van der Waals surface area contributed by atoms with Crippen LogP contribution in [-0.4, -0.2) is 75.3 Å². The number of hydrogen-bond acceptors (Lipinski definition) is 4. The molecule has 0 heterocycles. The molecule has 0 aromatic rings. The summed E-state index contributed by atoms with van der Waals surface area (Å²) >= 11 is 0. The maximum absolute atomic E-state index is 2.91. The first-order valence-electron chi connectivity index (χ1n) is 12.2. The molecule has 0 amide bonds. The third-order valence-corrected chi connectivity index (χ3v) is 12.7. The Morgan fingerprint density at radius 2 is 0.379 bits per heavy atom. The predicted molar refractivity (Wildman–Crippen MR) is 134 cm³/mol. The van der Waals surface area contributed by atoms with Crippen molar-refractivity contribution >= 4 is 8.72 Å². The Morgan fingerprint density at radius 1 is 0.276 bits per heavy atom. The van der Waals surface area contributed by atoms with E-state index < -0.39 is 8.72 Å². The zero-order valence-corrected chi connectivity index (χ0v) is 23.9. The van der Waals surface area contributed by atoms with Crippen LogP contribution < -0.4 is 0 Å². The quantitative estimate of drug-likeness (QED) is 0.359. The van der Waals surface area contributed by atoms with Crippen LogP contribution >= 0.6 is 0 Å². The molecular formula is C24H56N4Si. The number of rotatable bonds is 12. The Hall–Kier alpha value is 0.0569. The Morgan fingerprint density at radius 3 is 0.448 bits per heavy atom. The Kier molecular flexibility index (Phi) is 11.6. The molecule has 0 aromatic carbocycles. The first-order chi connectivity index (χ1) is 13.1. The van der Waals surface area contributed by atoms with Crippen molar-refractivity contribution in [2.75, 3.05) is 0 Å². The summed E-state index contributed by atoms with van der Waals surface area (Å²) in [5.74, 6) is 0. The van der Waals surface area contributed by atoms with E-state index >= 15 is 0 Å². The van der Waals surface area contributed by atoms with Crippen LogP contribution in [0.2, 0.25) is 0 Å². The Labute approximate surface area is 186 Å². The molecule has 176 valence electrons. The molecule has 0 saturated carbocycles. The average Bonchev–Trinajstić information content (AvgIpc) is 2.42. The van der Waals surface area contributed by atoms with Crippen molar-refractivity contribution < 1.29 is 0 Å². The highest BCUT2D eigenvalue weighted by atomic mass is 28.4. The van der Waals surface area contributed by atoms with Gasteiger partial charge in [0.25, 0.3) is 0 Å². The molecule has 5 heteroatoms. The lowest BCUT2D eigenvalue weighted by molar-refractivity contribution is 0.0605. The number of hydrogen-bond donors (Lipinski definition) is 0. The minimum atomic E-state index is -2.48. The summed E-state index contributed by atoms with van der Waals surface area (Å²) < 4.78 is 11.6.